The molecule has 0 spiro atoms. The van der Waals surface area contributed by atoms with E-state index in [0.29, 0.717) is 23.5 Å². The Bertz CT molecular complexity index is 1090. The lowest BCUT2D eigenvalue weighted by molar-refractivity contribution is 0.462. The van der Waals surface area contributed by atoms with Crippen molar-refractivity contribution in [2.24, 2.45) is 0 Å². The molecule has 3 unspecified atom stereocenters. The number of hydrogen-bond donors (Lipinski definition) is 1. The smallest absolute Gasteiger partial charge is 0.115 e. The quantitative estimate of drug-likeness (QED) is 0.194. The van der Waals surface area contributed by atoms with Crippen LogP contribution in [0.25, 0.3) is 0 Å². The van der Waals surface area contributed by atoms with Gasteiger partial charge in [-0.05, 0) is 72.8 Å². The molecule has 0 radical (unpaired) electrons. The standard InChI is InChI=1S/C32H46OSi2.2C2H4/c1-9-26(28-16-20-32(21-17-28)35(7,8)34(4,5)6)23-30(29-14-18-31(33)19-15-29)22-25(3)27-12-10-24(2)11-13-27;2*1-2/h10-21,25-26,30,33H,9,22-23H2,1-8H3;2*1-2H2. The molecular weight excluding hydrogens is 505 g/mol. The average Bonchev–Trinajstić information content (AvgIpc) is 2.93. The van der Waals surface area contributed by atoms with Crippen molar-refractivity contribution in [2.45, 2.75) is 90.5 Å². The highest BCUT2D eigenvalue weighted by atomic mass is 29.3. The lowest BCUT2D eigenvalue weighted by Crippen LogP contribution is -2.61. The van der Waals surface area contributed by atoms with Crippen molar-refractivity contribution in [3.05, 3.63) is 121 Å². The van der Waals surface area contributed by atoms with E-state index in [4.69, 9.17) is 0 Å². The van der Waals surface area contributed by atoms with Gasteiger partial charge in [-0.25, -0.2) is 0 Å². The highest BCUT2D eigenvalue weighted by Gasteiger charge is 2.38. The van der Waals surface area contributed by atoms with Crippen LogP contribution in [0.1, 0.15) is 73.1 Å². The van der Waals surface area contributed by atoms with Gasteiger partial charge in [-0.1, -0.05) is 118 Å². The molecule has 0 fully saturated rings. The summed E-state index contributed by atoms with van der Waals surface area (Å²) >= 11 is 0. The molecule has 3 atom stereocenters. The predicted molar refractivity (Wildman–Crippen MR) is 182 cm³/mol. The first-order chi connectivity index (χ1) is 18.4. The summed E-state index contributed by atoms with van der Waals surface area (Å²) < 4.78 is 0. The molecule has 0 saturated carbocycles. The Labute approximate surface area is 242 Å². The molecule has 3 aromatic carbocycles. The molecule has 3 rings (SSSR count). The summed E-state index contributed by atoms with van der Waals surface area (Å²) in [5.41, 5.74) is 5.54. The molecule has 1 nitrogen and oxygen atoms in total. The SMILES string of the molecule is C=C.C=C.CCC(CC(CC(C)c1ccc(C)cc1)c1ccc(O)cc1)c1ccc([Si](C)(C)[Si](C)(C)C)cc1. The fraction of sp³-hybridized carbons (Fsp3) is 0.389. The average molecular weight is 559 g/mol. The van der Waals surface area contributed by atoms with Gasteiger partial charge in [-0.15, -0.1) is 26.3 Å². The molecule has 39 heavy (non-hydrogen) atoms. The van der Waals surface area contributed by atoms with Crippen molar-refractivity contribution >= 4 is 20.4 Å². The first kappa shape index (κ1) is 34.4. The third-order valence-electron chi connectivity index (χ3n) is 8.69. The van der Waals surface area contributed by atoms with E-state index in [0.717, 1.165) is 19.3 Å². The molecule has 0 saturated heterocycles. The van der Waals surface area contributed by atoms with Gasteiger partial charge >= 0.3 is 0 Å². The molecule has 3 aromatic rings. The van der Waals surface area contributed by atoms with Crippen molar-refractivity contribution in [3.63, 3.8) is 0 Å². The number of rotatable bonds is 10. The van der Waals surface area contributed by atoms with Gasteiger partial charge in [0.15, 0.2) is 0 Å². The topological polar surface area (TPSA) is 20.2 Å². The summed E-state index contributed by atoms with van der Waals surface area (Å²) in [5.74, 6) is 1.81. The third kappa shape index (κ3) is 9.51. The summed E-state index contributed by atoms with van der Waals surface area (Å²) in [6, 6.07) is 26.7. The van der Waals surface area contributed by atoms with Crippen LogP contribution in [0.3, 0.4) is 0 Å². The van der Waals surface area contributed by atoms with Gasteiger partial charge in [0.25, 0.3) is 0 Å². The maximum absolute atomic E-state index is 9.89. The first-order valence-corrected chi connectivity index (χ1v) is 21.9. The lowest BCUT2D eigenvalue weighted by Gasteiger charge is -2.36. The molecule has 0 aliphatic rings. The summed E-state index contributed by atoms with van der Waals surface area (Å²) in [7, 11) is -2.58. The molecule has 1 N–H and O–H groups in total. The van der Waals surface area contributed by atoms with E-state index in [9.17, 15) is 5.11 Å². The van der Waals surface area contributed by atoms with Crippen LogP contribution >= 0.6 is 0 Å². The second-order valence-electron chi connectivity index (χ2n) is 12.2. The van der Waals surface area contributed by atoms with Crippen LogP contribution in [0.15, 0.2) is 99.1 Å². The molecule has 0 aliphatic carbocycles. The number of aryl methyl sites for hydroxylation is 1. The van der Waals surface area contributed by atoms with Crippen LogP contribution in [-0.2, 0) is 0 Å². The highest BCUT2D eigenvalue weighted by molar-refractivity contribution is 7.45. The summed E-state index contributed by atoms with van der Waals surface area (Å²) in [6.45, 7) is 31.5. The maximum atomic E-state index is 9.89. The van der Waals surface area contributed by atoms with Gasteiger partial charge in [0.05, 0.1) is 7.59 Å². The van der Waals surface area contributed by atoms with E-state index in [-0.39, 0.29) is 0 Å². The normalized spacial score (nSPS) is 13.6. The predicted octanol–water partition coefficient (Wildman–Crippen LogP) is 10.5. The van der Waals surface area contributed by atoms with Crippen LogP contribution in [0.2, 0.25) is 32.7 Å². The number of hydrogen-bond acceptors (Lipinski definition) is 1. The van der Waals surface area contributed by atoms with E-state index in [1.807, 2.05) is 12.1 Å². The number of phenolic OH excluding ortho intramolecular Hbond substituents is 1. The second kappa shape index (κ2) is 15.8. The van der Waals surface area contributed by atoms with Gasteiger partial charge in [-0.3, -0.25) is 0 Å². The Morgan fingerprint density at radius 2 is 1.08 bits per heavy atom. The van der Waals surface area contributed by atoms with E-state index in [1.54, 1.807) is 5.19 Å². The Morgan fingerprint density at radius 1 is 0.641 bits per heavy atom. The largest absolute Gasteiger partial charge is 0.508 e. The van der Waals surface area contributed by atoms with Crippen LogP contribution in [-0.4, -0.2) is 20.3 Å². The van der Waals surface area contributed by atoms with E-state index in [2.05, 4.69) is 140 Å². The Kier molecular flexibility index (Phi) is 14.0. The summed E-state index contributed by atoms with van der Waals surface area (Å²) in [5, 5.41) is 11.5. The second-order valence-corrected chi connectivity index (χ2v) is 28.8. The van der Waals surface area contributed by atoms with Crippen LogP contribution in [0.5, 0.6) is 5.75 Å². The Hall–Kier alpha value is -2.63. The molecule has 0 amide bonds. The molecule has 0 aromatic heterocycles. The van der Waals surface area contributed by atoms with E-state index >= 15 is 0 Å². The first-order valence-electron chi connectivity index (χ1n) is 14.4. The third-order valence-corrected chi connectivity index (χ3v) is 26.3. The Morgan fingerprint density at radius 3 is 1.54 bits per heavy atom. The van der Waals surface area contributed by atoms with Crippen molar-refractivity contribution in [1.82, 2.24) is 0 Å². The zero-order valence-corrected chi connectivity index (χ0v) is 28.1. The van der Waals surface area contributed by atoms with Crippen LogP contribution < -0.4 is 5.19 Å². The van der Waals surface area contributed by atoms with Gasteiger partial charge < -0.3 is 5.11 Å². The summed E-state index contributed by atoms with van der Waals surface area (Å²) in [6.07, 6.45) is 3.38. The number of benzene rings is 3. The fourth-order valence-electron chi connectivity index (χ4n) is 5.06. The van der Waals surface area contributed by atoms with Gasteiger partial charge in [0, 0.05) is 7.59 Å². The number of phenols is 1. The Balaban J connectivity index is 0.00000181. The summed E-state index contributed by atoms with van der Waals surface area (Å²) in [4.78, 5) is 0. The van der Waals surface area contributed by atoms with Crippen molar-refractivity contribution < 1.29 is 5.11 Å². The fourth-order valence-corrected chi connectivity index (χ4v) is 10.0. The minimum absolute atomic E-state index is 0.343. The van der Waals surface area contributed by atoms with Gasteiger partial charge in [-0.2, -0.15) is 0 Å². The van der Waals surface area contributed by atoms with Crippen molar-refractivity contribution in [3.8, 4) is 5.75 Å². The molecule has 212 valence electrons. The van der Waals surface area contributed by atoms with Gasteiger partial charge in [0.2, 0.25) is 0 Å². The van der Waals surface area contributed by atoms with E-state index < -0.39 is 15.2 Å². The maximum Gasteiger partial charge on any atom is 0.115 e. The molecular formula is C36H54OSi2. The van der Waals surface area contributed by atoms with Crippen LogP contribution in [0.4, 0.5) is 0 Å². The lowest BCUT2D eigenvalue weighted by atomic mass is 9.78. The zero-order valence-electron chi connectivity index (χ0n) is 26.1. The molecule has 0 bridgehead atoms. The minimum atomic E-state index is -1.39. The molecule has 3 heteroatoms. The van der Waals surface area contributed by atoms with E-state index in [1.165, 1.54) is 22.3 Å². The van der Waals surface area contributed by atoms with Crippen molar-refractivity contribution in [1.29, 1.82) is 0 Å². The zero-order chi connectivity index (χ0) is 29.8. The van der Waals surface area contributed by atoms with Gasteiger partial charge in [0.1, 0.15) is 5.75 Å². The minimum Gasteiger partial charge on any atom is -0.508 e. The highest BCUT2D eigenvalue weighted by Crippen LogP contribution is 2.39. The molecule has 0 aliphatic heterocycles. The monoisotopic (exact) mass is 558 g/mol. The van der Waals surface area contributed by atoms with Crippen molar-refractivity contribution in [2.75, 3.05) is 0 Å². The number of aromatic hydroxyl groups is 1. The van der Waals surface area contributed by atoms with Crippen LogP contribution in [0, 0.1) is 6.92 Å². The molecule has 0 heterocycles.